The Balaban J connectivity index is 2.82. The van der Waals surface area contributed by atoms with Gasteiger partial charge >= 0.3 is 0 Å². The minimum atomic E-state index is 0.698. The van der Waals surface area contributed by atoms with Crippen LogP contribution in [0.1, 0.15) is 25.2 Å². The molecule has 0 atom stereocenters. The molecule has 1 heterocycles. The highest BCUT2D eigenvalue weighted by Gasteiger charge is 2.14. The summed E-state index contributed by atoms with van der Waals surface area (Å²) in [6, 6.07) is 0. The van der Waals surface area contributed by atoms with Crippen LogP contribution in [-0.4, -0.2) is 34.3 Å². The fourth-order valence-electron chi connectivity index (χ4n) is 1.73. The van der Waals surface area contributed by atoms with Crippen molar-refractivity contribution in [1.82, 2.24) is 14.7 Å². The van der Waals surface area contributed by atoms with E-state index in [1.165, 1.54) is 5.69 Å². The molecule has 5 heteroatoms. The summed E-state index contributed by atoms with van der Waals surface area (Å²) in [6.45, 7) is 7.81. The smallest absolute Gasteiger partial charge is 0.0767 e. The highest BCUT2D eigenvalue weighted by Crippen LogP contribution is 2.22. The molecule has 16 heavy (non-hydrogen) atoms. The molecule has 0 aliphatic heterocycles. The standard InChI is InChI=1S/C11H21BrN4/c1-4-9-11(12)10(15(3)14-9)8-16(5-2)7-6-13/h4-8,13H2,1-3H3. The quantitative estimate of drug-likeness (QED) is 0.864. The largest absolute Gasteiger partial charge is 0.329 e. The lowest BCUT2D eigenvalue weighted by atomic mass is 10.3. The first-order valence-electron chi connectivity index (χ1n) is 5.76. The number of nitrogens with two attached hydrogens (primary N) is 1. The van der Waals surface area contributed by atoms with Crippen LogP contribution >= 0.6 is 15.9 Å². The Morgan fingerprint density at radius 1 is 1.44 bits per heavy atom. The Labute approximate surface area is 106 Å². The van der Waals surface area contributed by atoms with Gasteiger partial charge in [-0.2, -0.15) is 5.10 Å². The number of rotatable bonds is 6. The molecule has 0 fully saturated rings. The van der Waals surface area contributed by atoms with E-state index in [1.807, 2.05) is 11.7 Å². The summed E-state index contributed by atoms with van der Waals surface area (Å²) < 4.78 is 3.11. The van der Waals surface area contributed by atoms with Gasteiger partial charge in [-0.1, -0.05) is 13.8 Å². The maximum Gasteiger partial charge on any atom is 0.0767 e. The average molecular weight is 289 g/mol. The normalized spacial score (nSPS) is 11.4. The molecule has 0 radical (unpaired) electrons. The van der Waals surface area contributed by atoms with Gasteiger partial charge in [0, 0.05) is 26.7 Å². The highest BCUT2D eigenvalue weighted by atomic mass is 79.9. The van der Waals surface area contributed by atoms with Crippen LogP contribution in [-0.2, 0) is 20.0 Å². The third kappa shape index (κ3) is 3.06. The summed E-state index contributed by atoms with van der Waals surface area (Å²) in [5, 5.41) is 4.49. The molecule has 0 amide bonds. The van der Waals surface area contributed by atoms with E-state index in [9.17, 15) is 0 Å². The second kappa shape index (κ2) is 6.37. The van der Waals surface area contributed by atoms with Gasteiger partial charge in [0.2, 0.25) is 0 Å². The summed E-state index contributed by atoms with van der Waals surface area (Å²) in [5.74, 6) is 0. The predicted octanol–water partition coefficient (Wildman–Crippen LogP) is 1.53. The Bertz CT molecular complexity index is 335. The average Bonchev–Trinajstić information content (AvgIpc) is 2.55. The number of aryl methyl sites for hydroxylation is 2. The molecule has 0 unspecified atom stereocenters. The number of nitrogens with zero attached hydrogens (tertiary/aromatic N) is 3. The van der Waals surface area contributed by atoms with Gasteiger partial charge in [0.15, 0.2) is 0 Å². The van der Waals surface area contributed by atoms with E-state index in [2.05, 4.69) is 39.8 Å². The van der Waals surface area contributed by atoms with Gasteiger partial charge in [0.05, 0.1) is 15.9 Å². The fourth-order valence-corrected chi connectivity index (χ4v) is 2.48. The van der Waals surface area contributed by atoms with E-state index in [-0.39, 0.29) is 0 Å². The first-order chi connectivity index (χ1) is 7.63. The summed E-state index contributed by atoms with van der Waals surface area (Å²) in [6.07, 6.45) is 0.956. The monoisotopic (exact) mass is 288 g/mol. The molecule has 0 aliphatic rings. The molecule has 2 N–H and O–H groups in total. The van der Waals surface area contributed by atoms with Gasteiger partial charge < -0.3 is 5.73 Å². The van der Waals surface area contributed by atoms with Crippen molar-refractivity contribution in [2.45, 2.75) is 26.8 Å². The zero-order valence-corrected chi connectivity index (χ0v) is 11.9. The molecule has 0 bridgehead atoms. The zero-order valence-electron chi connectivity index (χ0n) is 10.3. The molecule has 0 aromatic carbocycles. The molecule has 0 aliphatic carbocycles. The van der Waals surface area contributed by atoms with Crippen LogP contribution in [0.15, 0.2) is 4.47 Å². The van der Waals surface area contributed by atoms with Crippen molar-refractivity contribution in [2.75, 3.05) is 19.6 Å². The molecular formula is C11H21BrN4. The summed E-state index contributed by atoms with van der Waals surface area (Å²) in [5.41, 5.74) is 7.95. The van der Waals surface area contributed by atoms with Crippen molar-refractivity contribution in [1.29, 1.82) is 0 Å². The Morgan fingerprint density at radius 3 is 2.56 bits per heavy atom. The lowest BCUT2D eigenvalue weighted by Crippen LogP contribution is -2.29. The van der Waals surface area contributed by atoms with E-state index < -0.39 is 0 Å². The second-order valence-corrected chi connectivity index (χ2v) is 4.63. The molecule has 4 nitrogen and oxygen atoms in total. The molecule has 1 aromatic heterocycles. The molecule has 1 rings (SSSR count). The van der Waals surface area contributed by atoms with E-state index in [1.54, 1.807) is 0 Å². The van der Waals surface area contributed by atoms with Crippen molar-refractivity contribution in [3.05, 3.63) is 15.9 Å². The summed E-state index contributed by atoms with van der Waals surface area (Å²) in [7, 11) is 2.00. The Morgan fingerprint density at radius 2 is 2.12 bits per heavy atom. The number of likely N-dealkylation sites (N-methyl/N-ethyl adjacent to an activating group) is 1. The van der Waals surface area contributed by atoms with Crippen LogP contribution in [0, 0.1) is 0 Å². The first-order valence-corrected chi connectivity index (χ1v) is 6.55. The highest BCUT2D eigenvalue weighted by molar-refractivity contribution is 9.10. The lowest BCUT2D eigenvalue weighted by molar-refractivity contribution is 0.279. The van der Waals surface area contributed by atoms with E-state index in [0.29, 0.717) is 6.54 Å². The summed E-state index contributed by atoms with van der Waals surface area (Å²) >= 11 is 3.63. The van der Waals surface area contributed by atoms with Crippen molar-refractivity contribution in [2.24, 2.45) is 12.8 Å². The van der Waals surface area contributed by atoms with Gasteiger partial charge in [0.1, 0.15) is 0 Å². The third-order valence-electron chi connectivity index (χ3n) is 2.77. The van der Waals surface area contributed by atoms with Crippen LogP contribution in [0.5, 0.6) is 0 Å². The molecule has 1 aromatic rings. The van der Waals surface area contributed by atoms with E-state index in [4.69, 9.17) is 5.73 Å². The van der Waals surface area contributed by atoms with Crippen molar-refractivity contribution >= 4 is 15.9 Å². The van der Waals surface area contributed by atoms with Gasteiger partial charge in [-0.3, -0.25) is 9.58 Å². The van der Waals surface area contributed by atoms with Crippen LogP contribution < -0.4 is 5.73 Å². The Hall–Kier alpha value is -0.390. The van der Waals surface area contributed by atoms with Crippen LogP contribution in [0.3, 0.4) is 0 Å². The number of hydrogen-bond donors (Lipinski definition) is 1. The first kappa shape index (κ1) is 13.7. The molecule has 0 spiro atoms. The predicted molar refractivity (Wildman–Crippen MR) is 70.3 cm³/mol. The van der Waals surface area contributed by atoms with Gasteiger partial charge in [-0.05, 0) is 28.9 Å². The zero-order chi connectivity index (χ0) is 12.1. The molecule has 0 saturated carbocycles. The SMILES string of the molecule is CCc1nn(C)c(CN(CC)CCN)c1Br. The molecular weight excluding hydrogens is 268 g/mol. The third-order valence-corrected chi connectivity index (χ3v) is 3.68. The van der Waals surface area contributed by atoms with E-state index >= 15 is 0 Å². The van der Waals surface area contributed by atoms with Crippen molar-refractivity contribution in [3.8, 4) is 0 Å². The summed E-state index contributed by atoms with van der Waals surface area (Å²) in [4.78, 5) is 2.32. The molecule has 92 valence electrons. The number of hydrogen-bond acceptors (Lipinski definition) is 3. The number of halogens is 1. The lowest BCUT2D eigenvalue weighted by Gasteiger charge is -2.19. The maximum absolute atomic E-state index is 5.59. The van der Waals surface area contributed by atoms with Crippen LogP contribution in [0.2, 0.25) is 0 Å². The van der Waals surface area contributed by atoms with E-state index in [0.717, 1.165) is 36.2 Å². The second-order valence-electron chi connectivity index (χ2n) is 3.84. The molecule has 0 saturated heterocycles. The number of aromatic nitrogens is 2. The van der Waals surface area contributed by atoms with Gasteiger partial charge in [-0.25, -0.2) is 0 Å². The Kier molecular flexibility index (Phi) is 5.44. The van der Waals surface area contributed by atoms with Gasteiger partial charge in [-0.15, -0.1) is 0 Å². The topological polar surface area (TPSA) is 47.1 Å². The van der Waals surface area contributed by atoms with Crippen molar-refractivity contribution < 1.29 is 0 Å². The fraction of sp³-hybridized carbons (Fsp3) is 0.727. The maximum atomic E-state index is 5.59. The minimum absolute atomic E-state index is 0.698. The van der Waals surface area contributed by atoms with Crippen LogP contribution in [0.25, 0.3) is 0 Å². The van der Waals surface area contributed by atoms with Gasteiger partial charge in [0.25, 0.3) is 0 Å². The van der Waals surface area contributed by atoms with Crippen molar-refractivity contribution in [3.63, 3.8) is 0 Å². The minimum Gasteiger partial charge on any atom is -0.329 e. The van der Waals surface area contributed by atoms with Crippen LogP contribution in [0.4, 0.5) is 0 Å².